The summed E-state index contributed by atoms with van der Waals surface area (Å²) in [5.41, 5.74) is 0.363. The van der Waals surface area contributed by atoms with Gasteiger partial charge in [0.05, 0.1) is 11.4 Å². The Labute approximate surface area is 171 Å². The van der Waals surface area contributed by atoms with Gasteiger partial charge in [-0.25, -0.2) is 8.42 Å². The molecule has 0 unspecified atom stereocenters. The van der Waals surface area contributed by atoms with Crippen LogP contribution in [0.5, 0.6) is 0 Å². The fourth-order valence-corrected chi connectivity index (χ4v) is 4.42. The summed E-state index contributed by atoms with van der Waals surface area (Å²) in [5.74, 6) is -3.12. The number of nitrogens with one attached hydrogen (secondary N) is 1. The van der Waals surface area contributed by atoms with Crippen LogP contribution in [0.1, 0.15) is 0 Å². The number of halogens is 3. The van der Waals surface area contributed by atoms with Crippen molar-refractivity contribution in [3.63, 3.8) is 0 Å². The minimum Gasteiger partial charge on any atom is -0.325 e. The molecule has 0 saturated heterocycles. The lowest BCUT2D eigenvalue weighted by molar-refractivity contribution is -0.116. The van der Waals surface area contributed by atoms with E-state index in [1.54, 1.807) is 6.07 Å². The molecule has 2 rings (SSSR count). The van der Waals surface area contributed by atoms with Crippen LogP contribution in [0.2, 0.25) is 5.02 Å². The van der Waals surface area contributed by atoms with Gasteiger partial charge in [-0.1, -0.05) is 35.5 Å². The van der Waals surface area contributed by atoms with Crippen molar-refractivity contribution in [1.29, 1.82) is 0 Å². The number of hydrogen-bond donors (Lipinski definition) is 1. The van der Waals surface area contributed by atoms with Gasteiger partial charge in [-0.15, -0.1) is 6.58 Å². The second-order valence-corrected chi connectivity index (χ2v) is 8.93. The van der Waals surface area contributed by atoms with Crippen molar-refractivity contribution in [2.45, 2.75) is 15.5 Å². The van der Waals surface area contributed by atoms with E-state index in [9.17, 15) is 22.0 Å². The first-order chi connectivity index (χ1) is 13.2. The molecular weight excluding hydrogens is 430 g/mol. The van der Waals surface area contributed by atoms with E-state index < -0.39 is 28.2 Å². The first kappa shape index (κ1) is 22.4. The molecule has 0 heterocycles. The van der Waals surface area contributed by atoms with Crippen LogP contribution in [-0.4, -0.2) is 37.5 Å². The van der Waals surface area contributed by atoms with E-state index in [-0.39, 0.29) is 16.5 Å². The molecule has 0 aromatic heterocycles. The number of carbonyl (C=O) groups excluding carboxylic acids is 1. The molecule has 5 nitrogen and oxygen atoms in total. The third kappa shape index (κ3) is 6.30. The largest absolute Gasteiger partial charge is 0.325 e. The Morgan fingerprint density at radius 1 is 1.25 bits per heavy atom. The number of anilines is 1. The Morgan fingerprint density at radius 3 is 2.50 bits per heavy atom. The van der Waals surface area contributed by atoms with E-state index in [4.69, 9.17) is 11.6 Å². The average Bonchev–Trinajstić information content (AvgIpc) is 2.62. The normalized spacial score (nSPS) is 11.6. The van der Waals surface area contributed by atoms with Crippen LogP contribution >= 0.6 is 23.4 Å². The third-order valence-corrected chi connectivity index (χ3v) is 6.22. The highest BCUT2D eigenvalue weighted by Crippen LogP contribution is 2.26. The lowest BCUT2D eigenvalue weighted by Crippen LogP contribution is -2.38. The zero-order valence-electron chi connectivity index (χ0n) is 14.5. The van der Waals surface area contributed by atoms with Crippen molar-refractivity contribution in [3.05, 3.63) is 66.2 Å². The average molecular weight is 447 g/mol. The van der Waals surface area contributed by atoms with E-state index in [2.05, 4.69) is 11.9 Å². The topological polar surface area (TPSA) is 66.5 Å². The Hall–Kier alpha value is -1.94. The minimum atomic E-state index is -3.96. The second kappa shape index (κ2) is 10.0. The van der Waals surface area contributed by atoms with E-state index in [1.165, 1.54) is 48.5 Å². The van der Waals surface area contributed by atoms with Gasteiger partial charge in [0.15, 0.2) is 0 Å². The van der Waals surface area contributed by atoms with Crippen molar-refractivity contribution in [2.24, 2.45) is 0 Å². The number of carbonyl (C=O) groups is 1. The van der Waals surface area contributed by atoms with Crippen LogP contribution in [0.3, 0.4) is 0 Å². The lowest BCUT2D eigenvalue weighted by Gasteiger charge is -2.20. The fraction of sp³-hybridized carbons (Fsp3) is 0.167. The number of amides is 1. The summed E-state index contributed by atoms with van der Waals surface area (Å²) in [6, 6.07) is 11.5. The predicted octanol–water partition coefficient (Wildman–Crippen LogP) is 4.47. The summed E-state index contributed by atoms with van der Waals surface area (Å²) in [6.07, 6.45) is 1.37. The number of sulfonamides is 1. The second-order valence-electron chi connectivity index (χ2n) is 5.49. The lowest BCUT2D eigenvalue weighted by atomic mass is 10.3. The molecule has 0 spiro atoms. The Bertz CT molecular complexity index is 938. The van der Waals surface area contributed by atoms with Crippen molar-refractivity contribution in [2.75, 3.05) is 18.4 Å². The quantitative estimate of drug-likeness (QED) is 0.456. The zero-order chi connectivity index (χ0) is 20.7. The van der Waals surface area contributed by atoms with Gasteiger partial charge < -0.3 is 5.32 Å². The van der Waals surface area contributed by atoms with Crippen LogP contribution in [0, 0.1) is 0 Å². The van der Waals surface area contributed by atoms with Crippen molar-refractivity contribution >= 4 is 45.0 Å². The van der Waals surface area contributed by atoms with Gasteiger partial charge in [-0.3, -0.25) is 4.79 Å². The maximum atomic E-state index is 12.8. The number of benzene rings is 2. The Balaban J connectivity index is 2.11. The first-order valence-corrected chi connectivity index (χ1v) is 10.6. The van der Waals surface area contributed by atoms with Gasteiger partial charge in [0.2, 0.25) is 15.9 Å². The predicted molar refractivity (Wildman–Crippen MR) is 107 cm³/mol. The molecule has 0 atom stereocenters. The molecule has 1 N–H and O–H groups in total. The van der Waals surface area contributed by atoms with Crippen LogP contribution in [-0.2, 0) is 14.8 Å². The van der Waals surface area contributed by atoms with E-state index in [0.717, 1.165) is 4.31 Å². The molecule has 0 aliphatic carbocycles. The third-order valence-electron chi connectivity index (χ3n) is 3.45. The fourth-order valence-electron chi connectivity index (χ4n) is 2.25. The standard InChI is InChI=1S/C18H17ClF2N2O3S2/c1-2-10-23(28(25,26)16-5-3-4-13(19)11-16)12-17(24)22-14-6-8-15(9-7-14)27-18(20)21/h2-9,11,18H,1,10,12H2,(H,22,24). The number of hydrogen-bond acceptors (Lipinski definition) is 4. The highest BCUT2D eigenvalue weighted by Gasteiger charge is 2.26. The molecule has 0 radical (unpaired) electrons. The Kier molecular flexibility index (Phi) is 7.99. The van der Waals surface area contributed by atoms with Gasteiger partial charge >= 0.3 is 0 Å². The molecule has 0 aliphatic rings. The summed E-state index contributed by atoms with van der Waals surface area (Å²) in [5, 5.41) is 2.80. The zero-order valence-corrected chi connectivity index (χ0v) is 16.9. The number of rotatable bonds is 9. The smallest absolute Gasteiger partial charge is 0.288 e. The summed E-state index contributed by atoms with van der Waals surface area (Å²) < 4.78 is 51.2. The molecule has 2 aromatic rings. The highest BCUT2D eigenvalue weighted by molar-refractivity contribution is 7.99. The molecule has 2 aromatic carbocycles. The van der Waals surface area contributed by atoms with Crippen molar-refractivity contribution < 1.29 is 22.0 Å². The molecule has 0 fully saturated rings. The maximum absolute atomic E-state index is 12.8. The van der Waals surface area contributed by atoms with Gasteiger partial charge in [0.1, 0.15) is 0 Å². The summed E-state index contributed by atoms with van der Waals surface area (Å²) in [4.78, 5) is 12.6. The van der Waals surface area contributed by atoms with Crippen molar-refractivity contribution in [3.8, 4) is 0 Å². The van der Waals surface area contributed by atoms with Crippen molar-refractivity contribution in [1.82, 2.24) is 4.31 Å². The van der Waals surface area contributed by atoms with E-state index in [1.807, 2.05) is 0 Å². The number of alkyl halides is 2. The molecule has 150 valence electrons. The highest BCUT2D eigenvalue weighted by atomic mass is 35.5. The summed E-state index contributed by atoms with van der Waals surface area (Å²) in [6.45, 7) is 3.00. The first-order valence-electron chi connectivity index (χ1n) is 7.93. The summed E-state index contributed by atoms with van der Waals surface area (Å²) in [7, 11) is -3.96. The van der Waals surface area contributed by atoms with Crippen LogP contribution < -0.4 is 5.32 Å². The molecule has 10 heteroatoms. The molecular formula is C18H17ClF2N2O3S2. The van der Waals surface area contributed by atoms with Gasteiger partial charge in [0, 0.05) is 22.2 Å². The summed E-state index contributed by atoms with van der Waals surface area (Å²) >= 11 is 6.25. The minimum absolute atomic E-state index is 0.0389. The van der Waals surface area contributed by atoms with Crippen LogP contribution in [0.15, 0.2) is 71.0 Å². The molecule has 28 heavy (non-hydrogen) atoms. The van der Waals surface area contributed by atoms with Crippen LogP contribution in [0.4, 0.5) is 14.5 Å². The SMILES string of the molecule is C=CCN(CC(=O)Nc1ccc(SC(F)F)cc1)S(=O)(=O)c1cccc(Cl)c1. The van der Waals surface area contributed by atoms with E-state index in [0.29, 0.717) is 22.3 Å². The van der Waals surface area contributed by atoms with Gasteiger partial charge in [-0.05, 0) is 42.5 Å². The molecule has 0 saturated carbocycles. The molecule has 0 aliphatic heterocycles. The Morgan fingerprint density at radius 2 is 1.93 bits per heavy atom. The van der Waals surface area contributed by atoms with E-state index >= 15 is 0 Å². The van der Waals surface area contributed by atoms with Gasteiger partial charge in [0.25, 0.3) is 5.76 Å². The molecule has 1 amide bonds. The van der Waals surface area contributed by atoms with Gasteiger partial charge in [-0.2, -0.15) is 13.1 Å². The number of nitrogens with zero attached hydrogens (tertiary/aromatic N) is 1. The maximum Gasteiger partial charge on any atom is 0.288 e. The monoisotopic (exact) mass is 446 g/mol. The van der Waals surface area contributed by atoms with Crippen LogP contribution in [0.25, 0.3) is 0 Å². The molecule has 0 bridgehead atoms. The number of thioether (sulfide) groups is 1.